The minimum atomic E-state index is 0. The molecule has 0 spiro atoms. The fourth-order valence-corrected chi connectivity index (χ4v) is 2.22. The Morgan fingerprint density at radius 1 is 1.71 bits per heavy atom. The normalized spacial score (nSPS) is 15.2. The van der Waals surface area contributed by atoms with Gasteiger partial charge in [0.05, 0.1) is 12.2 Å². The molecule has 0 aromatic carbocycles. The fraction of sp³-hybridized carbons (Fsp3) is 0.600. The number of carbonyl (C=O) groups excluding carboxylic acids is 1. The lowest BCUT2D eigenvalue weighted by molar-refractivity contribution is -0.117. The molecule has 0 atom stereocenters. The van der Waals surface area contributed by atoms with Crippen molar-refractivity contribution in [2.75, 3.05) is 32.0 Å². The first-order valence-corrected chi connectivity index (χ1v) is 6.16. The van der Waals surface area contributed by atoms with Crippen molar-refractivity contribution in [1.29, 1.82) is 0 Å². The monoisotopic (exact) mass is 276 g/mol. The Kier molecular flexibility index (Phi) is 5.32. The minimum absolute atomic E-state index is 0. The van der Waals surface area contributed by atoms with E-state index >= 15 is 0 Å². The van der Waals surface area contributed by atoms with Gasteiger partial charge in [0.25, 0.3) is 0 Å². The first-order valence-electron chi connectivity index (χ1n) is 5.28. The maximum Gasteiger partial charge on any atom is 0.240 e. The molecule has 1 aromatic rings. The minimum Gasteiger partial charge on any atom is -0.314 e. The maximum absolute atomic E-state index is 11.7. The third-order valence-corrected chi connectivity index (χ3v) is 3.52. The van der Waals surface area contributed by atoms with Crippen molar-refractivity contribution in [2.24, 2.45) is 0 Å². The van der Waals surface area contributed by atoms with Gasteiger partial charge in [-0.1, -0.05) is 0 Å². The molecule has 1 fully saturated rings. The highest BCUT2D eigenvalue weighted by molar-refractivity contribution is 7.13. The van der Waals surface area contributed by atoms with E-state index in [1.54, 1.807) is 0 Å². The number of carbonyl (C=O) groups is 1. The number of likely N-dealkylation sites (N-methyl/N-ethyl adjacent to an activating group) is 1. The Bertz CT molecular complexity index is 380. The van der Waals surface area contributed by atoms with Crippen molar-refractivity contribution in [1.82, 2.24) is 15.2 Å². The zero-order chi connectivity index (χ0) is 11.5. The van der Waals surface area contributed by atoms with Crippen LogP contribution in [0.15, 0.2) is 5.38 Å². The van der Waals surface area contributed by atoms with E-state index in [1.165, 1.54) is 11.3 Å². The van der Waals surface area contributed by atoms with Crippen LogP contribution in [0.1, 0.15) is 5.69 Å². The molecule has 5 nitrogen and oxygen atoms in total. The van der Waals surface area contributed by atoms with Gasteiger partial charge in [-0.3, -0.25) is 9.69 Å². The molecule has 17 heavy (non-hydrogen) atoms. The van der Waals surface area contributed by atoms with Crippen molar-refractivity contribution in [3.8, 4) is 0 Å². The third kappa shape index (κ3) is 3.92. The van der Waals surface area contributed by atoms with E-state index in [0.29, 0.717) is 17.7 Å². The number of halogens is 1. The molecular weight excluding hydrogens is 260 g/mol. The van der Waals surface area contributed by atoms with Crippen LogP contribution in [0, 0.1) is 6.92 Å². The van der Waals surface area contributed by atoms with E-state index in [9.17, 15) is 4.79 Å². The summed E-state index contributed by atoms with van der Waals surface area (Å²) in [5.74, 6) is 0.00347. The third-order valence-electron chi connectivity index (χ3n) is 2.64. The van der Waals surface area contributed by atoms with Crippen LogP contribution in [0.5, 0.6) is 0 Å². The molecule has 1 aliphatic heterocycles. The highest BCUT2D eigenvalue weighted by Gasteiger charge is 2.23. The van der Waals surface area contributed by atoms with Gasteiger partial charge in [0, 0.05) is 24.5 Å². The second kappa shape index (κ2) is 6.30. The number of nitrogens with one attached hydrogen (secondary N) is 2. The molecule has 7 heteroatoms. The summed E-state index contributed by atoms with van der Waals surface area (Å²) in [5.41, 5.74) is 0.942. The van der Waals surface area contributed by atoms with Gasteiger partial charge < -0.3 is 10.6 Å². The molecule has 0 aliphatic carbocycles. The van der Waals surface area contributed by atoms with E-state index in [1.807, 2.05) is 19.4 Å². The van der Waals surface area contributed by atoms with Crippen LogP contribution in [0.3, 0.4) is 0 Å². The number of aromatic nitrogens is 1. The van der Waals surface area contributed by atoms with Gasteiger partial charge in [0.2, 0.25) is 5.91 Å². The highest BCUT2D eigenvalue weighted by atomic mass is 35.5. The van der Waals surface area contributed by atoms with E-state index in [-0.39, 0.29) is 18.3 Å². The number of nitrogens with zero attached hydrogens (tertiary/aromatic N) is 2. The quantitative estimate of drug-likeness (QED) is 0.851. The maximum atomic E-state index is 11.7. The van der Waals surface area contributed by atoms with Crippen molar-refractivity contribution >= 4 is 34.8 Å². The van der Waals surface area contributed by atoms with Crippen LogP contribution < -0.4 is 10.6 Å². The largest absolute Gasteiger partial charge is 0.314 e. The number of anilines is 1. The first-order chi connectivity index (χ1) is 7.65. The predicted octanol–water partition coefficient (Wildman–Crippen LogP) is 0.715. The number of rotatable bonds is 4. The van der Waals surface area contributed by atoms with Crippen LogP contribution in [-0.4, -0.2) is 48.5 Å². The molecule has 1 aliphatic rings. The van der Waals surface area contributed by atoms with Crippen LogP contribution in [0.25, 0.3) is 0 Å². The molecule has 2 rings (SSSR count). The van der Waals surface area contributed by atoms with E-state index in [0.717, 1.165) is 18.8 Å². The topological polar surface area (TPSA) is 57.3 Å². The smallest absolute Gasteiger partial charge is 0.240 e. The number of hydrogen-bond acceptors (Lipinski definition) is 5. The van der Waals surface area contributed by atoms with Crippen LogP contribution in [0.2, 0.25) is 0 Å². The molecule has 0 unspecified atom stereocenters. The molecule has 1 amide bonds. The number of hydrogen-bond donors (Lipinski definition) is 2. The molecule has 0 bridgehead atoms. The Hall–Kier alpha value is -0.690. The summed E-state index contributed by atoms with van der Waals surface area (Å²) in [6, 6.07) is 0.490. The average Bonchev–Trinajstić information content (AvgIpc) is 2.47. The van der Waals surface area contributed by atoms with Crippen molar-refractivity contribution < 1.29 is 4.79 Å². The number of thiazole rings is 1. The Balaban J connectivity index is 0.00000144. The first kappa shape index (κ1) is 14.4. The van der Waals surface area contributed by atoms with Gasteiger partial charge in [0.1, 0.15) is 0 Å². The average molecular weight is 277 g/mol. The van der Waals surface area contributed by atoms with Gasteiger partial charge in [0.15, 0.2) is 5.13 Å². The lowest BCUT2D eigenvalue weighted by Gasteiger charge is -2.35. The molecule has 0 saturated carbocycles. The summed E-state index contributed by atoms with van der Waals surface area (Å²) in [4.78, 5) is 17.9. The van der Waals surface area contributed by atoms with Crippen LogP contribution in [0.4, 0.5) is 5.13 Å². The lowest BCUT2D eigenvalue weighted by Crippen LogP contribution is -2.57. The van der Waals surface area contributed by atoms with Crippen molar-refractivity contribution in [3.63, 3.8) is 0 Å². The van der Waals surface area contributed by atoms with Crippen molar-refractivity contribution in [2.45, 2.75) is 13.0 Å². The van der Waals surface area contributed by atoms with Gasteiger partial charge in [-0.25, -0.2) is 4.98 Å². The Morgan fingerprint density at radius 2 is 2.41 bits per heavy atom. The number of amides is 1. The molecule has 2 N–H and O–H groups in total. The summed E-state index contributed by atoms with van der Waals surface area (Å²) in [6.45, 7) is 4.28. The zero-order valence-electron chi connectivity index (χ0n) is 9.90. The highest BCUT2D eigenvalue weighted by Crippen LogP contribution is 2.14. The summed E-state index contributed by atoms with van der Waals surface area (Å²) in [5, 5.41) is 8.60. The van der Waals surface area contributed by atoms with Crippen LogP contribution in [-0.2, 0) is 4.79 Å². The van der Waals surface area contributed by atoms with E-state index < -0.39 is 0 Å². The second-order valence-electron chi connectivity index (χ2n) is 4.07. The fourth-order valence-electron chi connectivity index (χ4n) is 1.51. The number of aryl methyl sites for hydroxylation is 1. The molecule has 1 saturated heterocycles. The van der Waals surface area contributed by atoms with Crippen molar-refractivity contribution in [3.05, 3.63) is 11.1 Å². The molecule has 1 aromatic heterocycles. The summed E-state index contributed by atoms with van der Waals surface area (Å²) in [6.07, 6.45) is 0. The van der Waals surface area contributed by atoms with Gasteiger partial charge in [-0.15, -0.1) is 23.7 Å². The van der Waals surface area contributed by atoms with E-state index in [2.05, 4.69) is 20.5 Å². The summed E-state index contributed by atoms with van der Waals surface area (Å²) in [7, 11) is 1.97. The van der Waals surface area contributed by atoms with E-state index in [4.69, 9.17) is 0 Å². The SMILES string of the molecule is Cc1csc(NC(=O)CN(C)C2CNC2)n1.Cl. The summed E-state index contributed by atoms with van der Waals surface area (Å²) >= 11 is 1.46. The van der Waals surface area contributed by atoms with Gasteiger partial charge >= 0.3 is 0 Å². The predicted molar refractivity (Wildman–Crippen MR) is 72.0 cm³/mol. The molecular formula is C10H17ClN4OS. The molecule has 96 valence electrons. The Morgan fingerprint density at radius 3 is 2.88 bits per heavy atom. The lowest BCUT2D eigenvalue weighted by atomic mass is 10.1. The Labute approximate surface area is 111 Å². The standard InChI is InChI=1S/C10H16N4OS.ClH/c1-7-6-16-10(12-7)13-9(15)5-14(2)8-3-11-4-8;/h6,8,11H,3-5H2,1-2H3,(H,12,13,15);1H. The molecule has 2 heterocycles. The van der Waals surface area contributed by atoms with Gasteiger partial charge in [-0.2, -0.15) is 0 Å². The van der Waals surface area contributed by atoms with Crippen LogP contribution >= 0.6 is 23.7 Å². The molecule has 0 radical (unpaired) electrons. The summed E-state index contributed by atoms with van der Waals surface area (Å²) < 4.78 is 0. The van der Waals surface area contributed by atoms with Gasteiger partial charge in [-0.05, 0) is 14.0 Å². The second-order valence-corrected chi connectivity index (χ2v) is 4.93. The zero-order valence-corrected chi connectivity index (χ0v) is 11.5.